The Morgan fingerprint density at radius 1 is 0.885 bits per heavy atom. The molecule has 1 aliphatic heterocycles. The van der Waals surface area contributed by atoms with Crippen LogP contribution >= 0.6 is 0 Å². The highest BCUT2D eigenvalue weighted by Crippen LogP contribution is 2.32. The molecular weight excluding hydrogens is 322 g/mol. The molecule has 0 aromatic heterocycles. The minimum atomic E-state index is 0.546. The van der Waals surface area contributed by atoms with Gasteiger partial charge in [0.2, 0.25) is 0 Å². The number of fused-ring (bicyclic) bond motifs is 1. The molecule has 0 saturated carbocycles. The zero-order chi connectivity index (χ0) is 17.8. The number of hydrogen-bond donors (Lipinski definition) is 1. The van der Waals surface area contributed by atoms with Gasteiger partial charge in [-0.15, -0.1) is 4.91 Å². The zero-order valence-corrected chi connectivity index (χ0v) is 14.8. The van der Waals surface area contributed by atoms with Crippen LogP contribution in [0.15, 0.2) is 65.8 Å². The smallest absolute Gasteiger partial charge is 0.131 e. The van der Waals surface area contributed by atoms with E-state index in [1.807, 2.05) is 24.3 Å². The molecule has 0 bridgehead atoms. The van der Waals surface area contributed by atoms with Crippen molar-refractivity contribution < 1.29 is 0 Å². The van der Waals surface area contributed by atoms with E-state index < -0.39 is 0 Å². The van der Waals surface area contributed by atoms with Crippen molar-refractivity contribution >= 4 is 27.8 Å². The lowest BCUT2D eigenvalue weighted by molar-refractivity contribution is 0.578. The summed E-state index contributed by atoms with van der Waals surface area (Å²) in [6.07, 6.45) is 3.64. The first-order valence-corrected chi connectivity index (χ1v) is 9.27. The molecule has 1 aliphatic rings. The van der Waals surface area contributed by atoms with Crippen LogP contribution in [0.1, 0.15) is 24.8 Å². The Bertz CT molecular complexity index is 916. The summed E-state index contributed by atoms with van der Waals surface area (Å²) in [7, 11) is 0. The van der Waals surface area contributed by atoms with E-state index in [1.165, 1.54) is 30.0 Å². The van der Waals surface area contributed by atoms with Gasteiger partial charge in [-0.25, -0.2) is 0 Å². The zero-order valence-electron chi connectivity index (χ0n) is 14.8. The summed E-state index contributed by atoms with van der Waals surface area (Å²) >= 11 is 0. The fraction of sp³-hybridized carbons (Fsp3) is 0.273. The number of piperidine rings is 1. The lowest BCUT2D eigenvalue weighted by Gasteiger charge is -2.29. The Labute approximate surface area is 153 Å². The SMILES string of the molecule is O=Nc1cc(CNc2ccc3ccccc3c2)ccc1N1CCCCC1. The van der Waals surface area contributed by atoms with Crippen molar-refractivity contribution in [1.29, 1.82) is 0 Å². The number of benzene rings is 3. The molecule has 0 atom stereocenters. The van der Waals surface area contributed by atoms with Crippen molar-refractivity contribution in [2.24, 2.45) is 5.18 Å². The normalized spacial score (nSPS) is 14.4. The molecule has 4 rings (SSSR count). The van der Waals surface area contributed by atoms with Gasteiger partial charge in [-0.05, 0) is 65.0 Å². The van der Waals surface area contributed by atoms with Crippen LogP contribution in [-0.4, -0.2) is 13.1 Å². The van der Waals surface area contributed by atoms with E-state index in [2.05, 4.69) is 51.8 Å². The third-order valence-corrected chi connectivity index (χ3v) is 5.08. The van der Waals surface area contributed by atoms with Crippen LogP contribution in [0.2, 0.25) is 0 Å². The van der Waals surface area contributed by atoms with Gasteiger partial charge in [-0.2, -0.15) is 0 Å². The third kappa shape index (κ3) is 3.54. The van der Waals surface area contributed by atoms with Gasteiger partial charge in [0.05, 0.1) is 5.69 Å². The van der Waals surface area contributed by atoms with Crippen LogP contribution in [-0.2, 0) is 6.54 Å². The predicted molar refractivity (Wildman–Crippen MR) is 109 cm³/mol. The van der Waals surface area contributed by atoms with Gasteiger partial charge in [0.25, 0.3) is 0 Å². The van der Waals surface area contributed by atoms with Crippen molar-refractivity contribution in [3.63, 3.8) is 0 Å². The fourth-order valence-corrected chi connectivity index (χ4v) is 3.66. The van der Waals surface area contributed by atoms with Crippen molar-refractivity contribution in [3.05, 3.63) is 71.1 Å². The Hall–Kier alpha value is -2.88. The molecule has 0 unspecified atom stereocenters. The molecule has 132 valence electrons. The average Bonchev–Trinajstić information content (AvgIpc) is 2.72. The van der Waals surface area contributed by atoms with Crippen molar-refractivity contribution in [2.75, 3.05) is 23.3 Å². The van der Waals surface area contributed by atoms with Crippen LogP contribution in [0.4, 0.5) is 17.1 Å². The molecule has 1 heterocycles. The predicted octanol–water partition coefficient (Wildman–Crippen LogP) is 5.84. The maximum absolute atomic E-state index is 11.3. The summed E-state index contributed by atoms with van der Waals surface area (Å²) < 4.78 is 0. The first-order valence-electron chi connectivity index (χ1n) is 9.27. The van der Waals surface area contributed by atoms with Crippen LogP contribution in [0.25, 0.3) is 10.8 Å². The number of hydrogen-bond acceptors (Lipinski definition) is 4. The van der Waals surface area contributed by atoms with Gasteiger partial charge in [-0.1, -0.05) is 36.4 Å². The quantitative estimate of drug-likeness (QED) is 0.591. The largest absolute Gasteiger partial charge is 0.381 e. The highest BCUT2D eigenvalue weighted by molar-refractivity contribution is 5.85. The minimum absolute atomic E-state index is 0.546. The molecule has 1 saturated heterocycles. The number of nitroso groups, excluding NO2 is 1. The van der Waals surface area contributed by atoms with Crippen LogP contribution in [0.3, 0.4) is 0 Å². The first kappa shape index (κ1) is 16.6. The van der Waals surface area contributed by atoms with Crippen molar-refractivity contribution in [1.82, 2.24) is 0 Å². The summed E-state index contributed by atoms with van der Waals surface area (Å²) in [4.78, 5) is 13.6. The molecular formula is C22H23N3O. The highest BCUT2D eigenvalue weighted by atomic mass is 16.3. The fourth-order valence-electron chi connectivity index (χ4n) is 3.66. The topological polar surface area (TPSA) is 44.7 Å². The maximum Gasteiger partial charge on any atom is 0.131 e. The standard InChI is InChI=1S/C22H23N3O/c26-24-21-14-17(8-11-22(21)25-12-4-1-5-13-25)16-23-20-10-9-18-6-2-3-7-19(18)15-20/h2-3,6-11,14-15,23H,1,4-5,12-13,16H2. The summed E-state index contributed by atoms with van der Waals surface area (Å²) in [5.74, 6) is 0. The monoisotopic (exact) mass is 345 g/mol. The molecule has 0 aliphatic carbocycles. The van der Waals surface area contributed by atoms with Gasteiger partial charge in [0, 0.05) is 25.3 Å². The number of anilines is 2. The molecule has 26 heavy (non-hydrogen) atoms. The summed E-state index contributed by atoms with van der Waals surface area (Å²) in [6, 6.07) is 20.7. The van der Waals surface area contributed by atoms with E-state index in [-0.39, 0.29) is 0 Å². The minimum Gasteiger partial charge on any atom is -0.381 e. The summed E-state index contributed by atoms with van der Waals surface area (Å²) in [6.45, 7) is 2.69. The molecule has 1 N–H and O–H groups in total. The molecule has 4 heteroatoms. The molecule has 1 fully saturated rings. The second-order valence-corrected chi connectivity index (χ2v) is 6.88. The average molecular weight is 345 g/mol. The molecule has 4 nitrogen and oxygen atoms in total. The lowest BCUT2D eigenvalue weighted by Crippen LogP contribution is -2.29. The van der Waals surface area contributed by atoms with Crippen molar-refractivity contribution in [2.45, 2.75) is 25.8 Å². The van der Waals surface area contributed by atoms with Gasteiger partial charge in [0.15, 0.2) is 0 Å². The Morgan fingerprint density at radius 2 is 1.69 bits per heavy atom. The molecule has 0 amide bonds. The molecule has 0 spiro atoms. The second kappa shape index (κ2) is 7.56. The lowest BCUT2D eigenvalue weighted by atomic mass is 10.1. The molecule has 3 aromatic carbocycles. The van der Waals surface area contributed by atoms with Gasteiger partial charge in [-0.3, -0.25) is 0 Å². The van der Waals surface area contributed by atoms with E-state index in [9.17, 15) is 4.91 Å². The van der Waals surface area contributed by atoms with E-state index >= 15 is 0 Å². The summed E-state index contributed by atoms with van der Waals surface area (Å²) in [5, 5.41) is 9.18. The van der Waals surface area contributed by atoms with Gasteiger partial charge >= 0.3 is 0 Å². The van der Waals surface area contributed by atoms with E-state index in [0.29, 0.717) is 12.2 Å². The Kier molecular flexibility index (Phi) is 4.82. The highest BCUT2D eigenvalue weighted by Gasteiger charge is 2.15. The van der Waals surface area contributed by atoms with Crippen LogP contribution in [0, 0.1) is 4.91 Å². The molecule has 0 radical (unpaired) electrons. The second-order valence-electron chi connectivity index (χ2n) is 6.88. The number of nitrogens with one attached hydrogen (secondary N) is 1. The maximum atomic E-state index is 11.3. The van der Waals surface area contributed by atoms with E-state index in [1.54, 1.807) is 0 Å². The molecule has 3 aromatic rings. The Morgan fingerprint density at radius 3 is 2.50 bits per heavy atom. The van der Waals surface area contributed by atoms with Gasteiger partial charge in [0.1, 0.15) is 5.69 Å². The van der Waals surface area contributed by atoms with E-state index in [0.717, 1.165) is 30.0 Å². The third-order valence-electron chi connectivity index (χ3n) is 5.08. The number of rotatable bonds is 5. The Balaban J connectivity index is 1.49. The van der Waals surface area contributed by atoms with Gasteiger partial charge < -0.3 is 10.2 Å². The first-order chi connectivity index (χ1) is 12.8. The van der Waals surface area contributed by atoms with E-state index in [4.69, 9.17) is 0 Å². The van der Waals surface area contributed by atoms with Crippen LogP contribution in [0.5, 0.6) is 0 Å². The van der Waals surface area contributed by atoms with Crippen molar-refractivity contribution in [3.8, 4) is 0 Å². The number of nitrogens with zero attached hydrogens (tertiary/aromatic N) is 2. The summed E-state index contributed by atoms with van der Waals surface area (Å²) in [5.41, 5.74) is 3.65. The van der Waals surface area contributed by atoms with Crippen LogP contribution < -0.4 is 10.2 Å².